The van der Waals surface area contributed by atoms with Crippen molar-refractivity contribution in [3.8, 4) is 22.8 Å². The molecule has 39 heavy (non-hydrogen) atoms. The molecular formula is C35H22N4. The van der Waals surface area contributed by atoms with Gasteiger partial charge in [0.2, 0.25) is 0 Å². The van der Waals surface area contributed by atoms with Crippen LogP contribution in [-0.4, -0.2) is 19.1 Å². The van der Waals surface area contributed by atoms with Gasteiger partial charge in [0.1, 0.15) is 12.1 Å². The summed E-state index contributed by atoms with van der Waals surface area (Å²) in [5, 5.41) is 4.93. The maximum atomic E-state index is 4.98. The summed E-state index contributed by atoms with van der Waals surface area (Å²) < 4.78 is 4.80. The molecule has 0 atom stereocenters. The minimum atomic E-state index is 0.827. The van der Waals surface area contributed by atoms with Crippen LogP contribution in [0.3, 0.4) is 0 Å². The van der Waals surface area contributed by atoms with Gasteiger partial charge in [-0.3, -0.25) is 4.57 Å². The molecule has 0 amide bonds. The van der Waals surface area contributed by atoms with Crippen LogP contribution in [-0.2, 0) is 6.42 Å². The summed E-state index contributed by atoms with van der Waals surface area (Å²) in [5.41, 5.74) is 10.6. The van der Waals surface area contributed by atoms with E-state index in [0.717, 1.165) is 29.1 Å². The third-order valence-electron chi connectivity index (χ3n) is 8.26. The van der Waals surface area contributed by atoms with Crippen molar-refractivity contribution < 1.29 is 0 Å². The molecule has 1 aliphatic carbocycles. The summed E-state index contributed by atoms with van der Waals surface area (Å²) in [7, 11) is 0. The van der Waals surface area contributed by atoms with Crippen LogP contribution in [0, 0.1) is 0 Å². The first kappa shape index (κ1) is 20.8. The lowest BCUT2D eigenvalue weighted by atomic mass is 10.1. The van der Waals surface area contributed by atoms with Gasteiger partial charge in [0, 0.05) is 44.8 Å². The van der Waals surface area contributed by atoms with Crippen LogP contribution in [0.1, 0.15) is 11.1 Å². The van der Waals surface area contributed by atoms with E-state index in [9.17, 15) is 0 Å². The molecule has 0 aliphatic heterocycles. The Labute approximate surface area is 224 Å². The SMILES string of the molecule is c1ccc(-n2c3ccccc3c3ccc4c5ccccc5n(-c5ncnc6c5Cc5ccccc5-6)c4c32)cc1. The summed E-state index contributed by atoms with van der Waals surface area (Å²) in [6.45, 7) is 0. The topological polar surface area (TPSA) is 35.6 Å². The van der Waals surface area contributed by atoms with Crippen LogP contribution in [0.4, 0.5) is 0 Å². The maximum Gasteiger partial charge on any atom is 0.145 e. The van der Waals surface area contributed by atoms with Crippen LogP contribution in [0.25, 0.3) is 66.4 Å². The molecule has 0 fully saturated rings. The van der Waals surface area contributed by atoms with Gasteiger partial charge in [-0.1, -0.05) is 91.0 Å². The highest BCUT2D eigenvalue weighted by molar-refractivity contribution is 6.23. The Morgan fingerprint density at radius 1 is 0.513 bits per heavy atom. The molecule has 0 saturated heterocycles. The quantitative estimate of drug-likeness (QED) is 0.241. The average molecular weight is 499 g/mol. The van der Waals surface area contributed by atoms with Crippen molar-refractivity contribution >= 4 is 43.6 Å². The van der Waals surface area contributed by atoms with Crippen LogP contribution in [0.15, 0.2) is 122 Å². The Kier molecular flexibility index (Phi) is 4.08. The van der Waals surface area contributed by atoms with Crippen LogP contribution >= 0.6 is 0 Å². The Hall–Kier alpha value is -5.22. The average Bonchev–Trinajstić information content (AvgIpc) is 3.65. The lowest BCUT2D eigenvalue weighted by Gasteiger charge is -2.14. The van der Waals surface area contributed by atoms with Gasteiger partial charge >= 0.3 is 0 Å². The fourth-order valence-electron chi connectivity index (χ4n) is 6.65. The Bertz CT molecular complexity index is 2250. The number of hydrogen-bond acceptors (Lipinski definition) is 2. The molecule has 0 spiro atoms. The minimum Gasteiger partial charge on any atom is -0.307 e. The standard InChI is InChI=1S/C35H22N4/c1-2-11-23(12-3-1)38-30-16-8-6-14-25(30)27-18-19-28-26-15-7-9-17-31(26)39(34(28)33(27)38)35-29-20-22-10-4-5-13-24(22)32(29)36-21-37-35/h1-19,21H,20H2. The summed E-state index contributed by atoms with van der Waals surface area (Å²) >= 11 is 0. The summed E-state index contributed by atoms with van der Waals surface area (Å²) in [4.78, 5) is 9.75. The molecule has 182 valence electrons. The van der Waals surface area contributed by atoms with Gasteiger partial charge in [-0.05, 0) is 29.8 Å². The van der Waals surface area contributed by atoms with Gasteiger partial charge in [-0.15, -0.1) is 0 Å². The van der Waals surface area contributed by atoms with Crippen molar-refractivity contribution in [2.24, 2.45) is 0 Å². The molecule has 0 unspecified atom stereocenters. The van der Waals surface area contributed by atoms with Crippen LogP contribution in [0.2, 0.25) is 0 Å². The van der Waals surface area contributed by atoms with E-state index in [-0.39, 0.29) is 0 Å². The zero-order chi connectivity index (χ0) is 25.5. The maximum absolute atomic E-state index is 4.98. The van der Waals surface area contributed by atoms with Crippen molar-refractivity contribution in [2.75, 3.05) is 0 Å². The molecule has 0 saturated carbocycles. The monoisotopic (exact) mass is 498 g/mol. The minimum absolute atomic E-state index is 0.827. The predicted octanol–water partition coefficient (Wildman–Crippen LogP) is 8.24. The second-order valence-electron chi connectivity index (χ2n) is 10.3. The van der Waals surface area contributed by atoms with Gasteiger partial charge < -0.3 is 4.57 Å². The number of nitrogens with zero attached hydrogens (tertiary/aromatic N) is 4. The van der Waals surface area contributed by atoms with E-state index in [4.69, 9.17) is 9.97 Å². The highest BCUT2D eigenvalue weighted by atomic mass is 15.1. The predicted molar refractivity (Wildman–Crippen MR) is 159 cm³/mol. The van der Waals surface area contributed by atoms with E-state index >= 15 is 0 Å². The van der Waals surface area contributed by atoms with Gasteiger partial charge in [0.05, 0.1) is 27.8 Å². The Morgan fingerprint density at radius 2 is 1.13 bits per heavy atom. The molecule has 9 rings (SSSR count). The fourth-order valence-corrected chi connectivity index (χ4v) is 6.65. The van der Waals surface area contributed by atoms with E-state index in [1.165, 1.54) is 54.8 Å². The van der Waals surface area contributed by atoms with Crippen molar-refractivity contribution in [3.63, 3.8) is 0 Å². The van der Waals surface area contributed by atoms with Crippen molar-refractivity contribution in [2.45, 2.75) is 6.42 Å². The molecule has 3 heterocycles. The highest BCUT2D eigenvalue weighted by Crippen LogP contribution is 2.44. The molecule has 0 radical (unpaired) electrons. The van der Waals surface area contributed by atoms with E-state index in [1.54, 1.807) is 6.33 Å². The van der Waals surface area contributed by atoms with E-state index in [1.807, 2.05) is 0 Å². The zero-order valence-electron chi connectivity index (χ0n) is 21.0. The first-order chi connectivity index (χ1) is 19.4. The smallest absolute Gasteiger partial charge is 0.145 e. The third kappa shape index (κ3) is 2.72. The number of hydrogen-bond donors (Lipinski definition) is 0. The van der Waals surface area contributed by atoms with Crippen LogP contribution in [0.5, 0.6) is 0 Å². The second-order valence-corrected chi connectivity index (χ2v) is 10.3. The molecule has 3 aromatic heterocycles. The molecule has 8 aromatic rings. The van der Waals surface area contributed by atoms with E-state index < -0.39 is 0 Å². The van der Waals surface area contributed by atoms with E-state index in [0.29, 0.717) is 0 Å². The third-order valence-corrected chi connectivity index (χ3v) is 8.26. The summed E-state index contributed by atoms with van der Waals surface area (Å²) in [6.07, 6.45) is 2.55. The number of rotatable bonds is 2. The van der Waals surface area contributed by atoms with Crippen molar-refractivity contribution in [1.29, 1.82) is 0 Å². The Balaban J connectivity index is 1.51. The van der Waals surface area contributed by atoms with Crippen LogP contribution < -0.4 is 0 Å². The fraction of sp³-hybridized carbons (Fsp3) is 0.0286. The number of fused-ring (bicyclic) bond motifs is 10. The summed E-state index contributed by atoms with van der Waals surface area (Å²) in [6, 6.07) is 41.2. The summed E-state index contributed by atoms with van der Waals surface area (Å²) in [5.74, 6) is 0.958. The molecular weight excluding hydrogens is 476 g/mol. The first-order valence-corrected chi connectivity index (χ1v) is 13.3. The lowest BCUT2D eigenvalue weighted by Crippen LogP contribution is -2.04. The molecule has 4 nitrogen and oxygen atoms in total. The number of para-hydroxylation sites is 3. The number of aromatic nitrogens is 4. The largest absolute Gasteiger partial charge is 0.307 e. The van der Waals surface area contributed by atoms with Crippen molar-refractivity contribution in [3.05, 3.63) is 133 Å². The van der Waals surface area contributed by atoms with Gasteiger partial charge in [0.15, 0.2) is 0 Å². The molecule has 1 aliphatic rings. The van der Waals surface area contributed by atoms with Gasteiger partial charge in [0.25, 0.3) is 0 Å². The lowest BCUT2D eigenvalue weighted by molar-refractivity contribution is 1.00. The van der Waals surface area contributed by atoms with E-state index in [2.05, 4.69) is 124 Å². The zero-order valence-corrected chi connectivity index (χ0v) is 21.0. The molecule has 0 bridgehead atoms. The normalized spacial score (nSPS) is 12.5. The first-order valence-electron chi connectivity index (χ1n) is 13.3. The Morgan fingerprint density at radius 3 is 1.90 bits per heavy atom. The van der Waals surface area contributed by atoms with Crippen molar-refractivity contribution in [1.82, 2.24) is 19.1 Å². The second kappa shape index (κ2) is 7.65. The number of benzene rings is 5. The van der Waals surface area contributed by atoms with Gasteiger partial charge in [-0.2, -0.15) is 0 Å². The molecule has 4 heteroatoms. The molecule has 0 N–H and O–H groups in total. The highest BCUT2D eigenvalue weighted by Gasteiger charge is 2.27. The molecule has 5 aromatic carbocycles. The van der Waals surface area contributed by atoms with Gasteiger partial charge in [-0.25, -0.2) is 9.97 Å².